The number of aliphatic imine (C=N–C) groups is 1. The maximum absolute atomic E-state index is 12.4. The summed E-state index contributed by atoms with van der Waals surface area (Å²) < 4.78 is 11.0. The van der Waals surface area contributed by atoms with Crippen LogP contribution in [0.15, 0.2) is 4.99 Å². The summed E-state index contributed by atoms with van der Waals surface area (Å²) in [5.74, 6) is 1.06. The van der Waals surface area contributed by atoms with Gasteiger partial charge in [-0.05, 0) is 33.1 Å². The Morgan fingerprint density at radius 1 is 1.29 bits per heavy atom. The number of nitrogens with one attached hydrogen (secondary N) is 1. The normalized spacial score (nSPS) is 22.3. The number of hydrogen-bond donors (Lipinski definition) is 1. The summed E-state index contributed by atoms with van der Waals surface area (Å²) in [5, 5.41) is 3.38. The molecule has 24 heavy (non-hydrogen) atoms. The summed E-state index contributed by atoms with van der Waals surface area (Å²) in [7, 11) is 1.80. The van der Waals surface area contributed by atoms with Crippen molar-refractivity contribution in [3.8, 4) is 0 Å². The minimum absolute atomic E-state index is 0.154. The lowest BCUT2D eigenvalue weighted by atomic mass is 10.2. The van der Waals surface area contributed by atoms with Gasteiger partial charge in [0.25, 0.3) is 5.91 Å². The second kappa shape index (κ2) is 9.84. The number of guanidine groups is 1. The highest BCUT2D eigenvalue weighted by molar-refractivity contribution is 5.82. The molecule has 0 aliphatic carbocycles. The van der Waals surface area contributed by atoms with Crippen LogP contribution in [-0.4, -0.2) is 86.9 Å². The van der Waals surface area contributed by atoms with Gasteiger partial charge in [0.15, 0.2) is 5.96 Å². The quantitative estimate of drug-likeness (QED) is 0.438. The molecule has 1 amide bonds. The third-order valence-corrected chi connectivity index (χ3v) is 4.36. The van der Waals surface area contributed by atoms with Crippen LogP contribution >= 0.6 is 0 Å². The summed E-state index contributed by atoms with van der Waals surface area (Å²) in [5.41, 5.74) is 0. The Morgan fingerprint density at radius 3 is 2.58 bits per heavy atom. The first-order valence-corrected chi connectivity index (χ1v) is 9.09. The van der Waals surface area contributed by atoms with Gasteiger partial charge < -0.3 is 24.6 Å². The lowest BCUT2D eigenvalue weighted by Crippen LogP contribution is -2.55. The summed E-state index contributed by atoms with van der Waals surface area (Å²) in [6.07, 6.45) is 2.87. The molecule has 0 radical (unpaired) electrons. The van der Waals surface area contributed by atoms with Crippen LogP contribution in [0.3, 0.4) is 0 Å². The van der Waals surface area contributed by atoms with Gasteiger partial charge >= 0.3 is 0 Å². The fraction of sp³-hybridized carbons (Fsp3) is 0.882. The molecule has 1 N–H and O–H groups in total. The van der Waals surface area contributed by atoms with E-state index in [2.05, 4.69) is 15.2 Å². The molecule has 0 bridgehead atoms. The zero-order valence-electron chi connectivity index (χ0n) is 15.3. The molecule has 0 aromatic heterocycles. The average Bonchev–Trinajstić information content (AvgIpc) is 3.12. The van der Waals surface area contributed by atoms with Crippen molar-refractivity contribution >= 4 is 11.9 Å². The molecule has 2 saturated heterocycles. The number of piperazine rings is 1. The molecule has 2 aliphatic heterocycles. The van der Waals surface area contributed by atoms with Gasteiger partial charge in [0.1, 0.15) is 6.10 Å². The van der Waals surface area contributed by atoms with E-state index in [0.717, 1.165) is 64.6 Å². The molecule has 0 spiro atoms. The minimum Gasteiger partial charge on any atom is -0.379 e. The fourth-order valence-corrected chi connectivity index (χ4v) is 3.04. The van der Waals surface area contributed by atoms with E-state index >= 15 is 0 Å². The third kappa shape index (κ3) is 5.63. The Kier molecular flexibility index (Phi) is 7.78. The van der Waals surface area contributed by atoms with Crippen LogP contribution in [-0.2, 0) is 14.3 Å². The van der Waals surface area contributed by atoms with Crippen LogP contribution in [0.2, 0.25) is 0 Å². The molecular weight excluding hydrogens is 308 g/mol. The Hall–Kier alpha value is -1.34. The molecule has 1 atom stereocenters. The molecule has 2 fully saturated rings. The number of carbonyl (C=O) groups excluding carboxylic acids is 1. The van der Waals surface area contributed by atoms with E-state index < -0.39 is 0 Å². The average molecular weight is 340 g/mol. The number of hydrogen-bond acceptors (Lipinski definition) is 4. The van der Waals surface area contributed by atoms with E-state index in [4.69, 9.17) is 9.47 Å². The lowest BCUT2D eigenvalue weighted by molar-refractivity contribution is -0.142. The highest BCUT2D eigenvalue weighted by atomic mass is 16.5. The predicted molar refractivity (Wildman–Crippen MR) is 94.2 cm³/mol. The van der Waals surface area contributed by atoms with Crippen LogP contribution < -0.4 is 5.32 Å². The van der Waals surface area contributed by atoms with Crippen LogP contribution in [0.5, 0.6) is 0 Å². The first-order chi connectivity index (χ1) is 11.6. The van der Waals surface area contributed by atoms with Gasteiger partial charge in [0.05, 0.1) is 6.10 Å². The van der Waals surface area contributed by atoms with Gasteiger partial charge in [-0.3, -0.25) is 9.79 Å². The molecule has 2 heterocycles. The first-order valence-electron chi connectivity index (χ1n) is 9.09. The van der Waals surface area contributed by atoms with E-state index in [1.54, 1.807) is 7.05 Å². The van der Waals surface area contributed by atoms with Crippen molar-refractivity contribution in [2.45, 2.75) is 45.3 Å². The topological polar surface area (TPSA) is 66.4 Å². The smallest absolute Gasteiger partial charge is 0.251 e. The summed E-state index contributed by atoms with van der Waals surface area (Å²) in [6, 6.07) is 0. The Balaban J connectivity index is 1.68. The Labute approximate surface area is 145 Å². The summed E-state index contributed by atoms with van der Waals surface area (Å²) in [4.78, 5) is 20.9. The zero-order chi connectivity index (χ0) is 17.4. The second-order valence-corrected chi connectivity index (χ2v) is 6.56. The number of carbonyl (C=O) groups is 1. The van der Waals surface area contributed by atoms with Gasteiger partial charge in [-0.2, -0.15) is 0 Å². The van der Waals surface area contributed by atoms with E-state index in [-0.39, 0.29) is 18.1 Å². The van der Waals surface area contributed by atoms with Gasteiger partial charge in [0.2, 0.25) is 0 Å². The van der Waals surface area contributed by atoms with E-state index in [1.807, 2.05) is 18.7 Å². The van der Waals surface area contributed by atoms with Crippen molar-refractivity contribution in [2.24, 2.45) is 4.99 Å². The van der Waals surface area contributed by atoms with E-state index in [9.17, 15) is 4.79 Å². The predicted octanol–water partition coefficient (Wildman–Crippen LogP) is 0.700. The lowest BCUT2D eigenvalue weighted by Gasteiger charge is -2.37. The highest BCUT2D eigenvalue weighted by Gasteiger charge is 2.30. The first kappa shape index (κ1) is 19.0. The van der Waals surface area contributed by atoms with Crippen molar-refractivity contribution in [1.29, 1.82) is 0 Å². The monoisotopic (exact) mass is 340 g/mol. The van der Waals surface area contributed by atoms with Crippen molar-refractivity contribution in [3.05, 3.63) is 0 Å². The SMILES string of the molecule is CN=C(NCCCOC(C)C)N1CCN(C(=O)C2CCCO2)CC1. The van der Waals surface area contributed by atoms with Crippen molar-refractivity contribution in [3.63, 3.8) is 0 Å². The Morgan fingerprint density at radius 2 is 2.00 bits per heavy atom. The molecule has 1 unspecified atom stereocenters. The minimum atomic E-state index is -0.213. The second-order valence-electron chi connectivity index (χ2n) is 6.56. The maximum atomic E-state index is 12.4. The van der Waals surface area contributed by atoms with Crippen LogP contribution in [0.4, 0.5) is 0 Å². The van der Waals surface area contributed by atoms with E-state index in [1.165, 1.54) is 0 Å². The number of nitrogens with zero attached hydrogens (tertiary/aromatic N) is 3. The van der Waals surface area contributed by atoms with Crippen LogP contribution in [0.25, 0.3) is 0 Å². The van der Waals surface area contributed by atoms with E-state index in [0.29, 0.717) is 6.61 Å². The standard InChI is InChI=1S/C17H32N4O3/c1-14(2)23-13-5-7-19-17(18-3)21-10-8-20(9-11-21)16(22)15-6-4-12-24-15/h14-15H,4-13H2,1-3H3,(H,18,19). The van der Waals surface area contributed by atoms with Crippen LogP contribution in [0.1, 0.15) is 33.1 Å². The number of rotatable bonds is 6. The summed E-state index contributed by atoms with van der Waals surface area (Å²) in [6.45, 7) is 9.48. The highest BCUT2D eigenvalue weighted by Crippen LogP contribution is 2.16. The molecule has 0 aromatic carbocycles. The zero-order valence-corrected chi connectivity index (χ0v) is 15.3. The maximum Gasteiger partial charge on any atom is 0.251 e. The molecule has 7 nitrogen and oxygen atoms in total. The van der Waals surface area contributed by atoms with Gasteiger partial charge in [-0.15, -0.1) is 0 Å². The molecule has 138 valence electrons. The third-order valence-electron chi connectivity index (χ3n) is 4.36. The molecular formula is C17H32N4O3. The summed E-state index contributed by atoms with van der Waals surface area (Å²) >= 11 is 0. The fourth-order valence-electron chi connectivity index (χ4n) is 3.04. The molecule has 0 aromatic rings. The molecule has 7 heteroatoms. The van der Waals surface area contributed by atoms with Gasteiger partial charge in [-0.1, -0.05) is 0 Å². The molecule has 2 rings (SSSR count). The Bertz CT molecular complexity index is 414. The van der Waals surface area contributed by atoms with Crippen molar-refractivity contribution in [1.82, 2.24) is 15.1 Å². The number of ether oxygens (including phenoxy) is 2. The van der Waals surface area contributed by atoms with Crippen molar-refractivity contribution < 1.29 is 14.3 Å². The van der Waals surface area contributed by atoms with Gasteiger partial charge in [0, 0.05) is 53.0 Å². The largest absolute Gasteiger partial charge is 0.379 e. The van der Waals surface area contributed by atoms with Gasteiger partial charge in [-0.25, -0.2) is 0 Å². The molecule has 2 aliphatic rings. The van der Waals surface area contributed by atoms with Crippen LogP contribution in [0, 0.1) is 0 Å². The molecule has 0 saturated carbocycles. The van der Waals surface area contributed by atoms with Crippen molar-refractivity contribution in [2.75, 3.05) is 53.0 Å². The number of amides is 1.